The lowest BCUT2D eigenvalue weighted by Gasteiger charge is -2.27. The minimum Gasteiger partial charge on any atom is -0.369 e. The van der Waals surface area contributed by atoms with E-state index in [4.69, 9.17) is 4.52 Å². The third-order valence-corrected chi connectivity index (χ3v) is 4.55. The van der Waals surface area contributed by atoms with Crippen LogP contribution in [0.4, 0.5) is 11.4 Å². The van der Waals surface area contributed by atoms with E-state index in [0.29, 0.717) is 23.1 Å². The van der Waals surface area contributed by atoms with Crippen LogP contribution in [0, 0.1) is 6.92 Å². The van der Waals surface area contributed by atoms with Gasteiger partial charge in [-0.1, -0.05) is 35.5 Å². The molecule has 0 saturated carbocycles. The van der Waals surface area contributed by atoms with Crippen LogP contribution in [-0.4, -0.2) is 23.7 Å². The van der Waals surface area contributed by atoms with Gasteiger partial charge in [0, 0.05) is 29.5 Å². The molecule has 1 amide bonds. The van der Waals surface area contributed by atoms with Crippen LogP contribution in [0.5, 0.6) is 0 Å². The van der Waals surface area contributed by atoms with Crippen molar-refractivity contribution in [2.24, 2.45) is 0 Å². The first-order chi connectivity index (χ1) is 13.0. The molecule has 0 aliphatic carbocycles. The van der Waals surface area contributed by atoms with E-state index < -0.39 is 0 Å². The highest BCUT2D eigenvalue weighted by Gasteiger charge is 2.22. The van der Waals surface area contributed by atoms with E-state index in [9.17, 15) is 4.79 Å². The van der Waals surface area contributed by atoms with Crippen LogP contribution < -0.4 is 10.2 Å². The molecule has 0 atom stereocenters. The highest BCUT2D eigenvalue weighted by molar-refractivity contribution is 6.08. The first-order valence-electron chi connectivity index (χ1n) is 9.21. The summed E-state index contributed by atoms with van der Waals surface area (Å²) in [6.07, 6.45) is 0. The number of benzene rings is 2. The lowest BCUT2D eigenvalue weighted by Crippen LogP contribution is -2.30. The molecule has 27 heavy (non-hydrogen) atoms. The highest BCUT2D eigenvalue weighted by atomic mass is 16.5. The van der Waals surface area contributed by atoms with Gasteiger partial charge in [0.25, 0.3) is 5.91 Å². The fourth-order valence-electron chi connectivity index (χ4n) is 3.20. The standard InChI is InChI=1S/C22H25N3O2/c1-5-25(15(2)3)19-13-11-18(12-14-19)23-22(26)20-16(4)24-27-21(20)17-9-7-6-8-10-17/h6-15H,5H2,1-4H3,(H,23,26). The molecular weight excluding hydrogens is 338 g/mol. The van der Waals surface area contributed by atoms with E-state index in [2.05, 4.69) is 36.1 Å². The van der Waals surface area contributed by atoms with Crippen molar-refractivity contribution in [2.45, 2.75) is 33.7 Å². The number of nitrogens with one attached hydrogen (secondary N) is 1. The number of nitrogens with zero attached hydrogens (tertiary/aromatic N) is 2. The van der Waals surface area contributed by atoms with Gasteiger partial charge in [-0.05, 0) is 52.0 Å². The van der Waals surface area contributed by atoms with E-state index in [1.807, 2.05) is 54.6 Å². The molecule has 0 radical (unpaired) electrons. The second kappa shape index (κ2) is 8.08. The Morgan fingerprint density at radius 3 is 2.37 bits per heavy atom. The molecule has 0 unspecified atom stereocenters. The molecule has 1 aromatic heterocycles. The number of aromatic nitrogens is 1. The van der Waals surface area contributed by atoms with Crippen molar-refractivity contribution in [1.82, 2.24) is 5.16 Å². The summed E-state index contributed by atoms with van der Waals surface area (Å²) in [5.74, 6) is 0.260. The molecule has 3 rings (SSSR count). The summed E-state index contributed by atoms with van der Waals surface area (Å²) in [5, 5.41) is 6.93. The van der Waals surface area contributed by atoms with Gasteiger partial charge in [-0.2, -0.15) is 0 Å². The Kier molecular flexibility index (Phi) is 5.60. The topological polar surface area (TPSA) is 58.4 Å². The Morgan fingerprint density at radius 2 is 1.78 bits per heavy atom. The van der Waals surface area contributed by atoms with Gasteiger partial charge in [-0.25, -0.2) is 0 Å². The number of amides is 1. The van der Waals surface area contributed by atoms with Gasteiger partial charge < -0.3 is 14.7 Å². The molecule has 0 aliphatic rings. The highest BCUT2D eigenvalue weighted by Crippen LogP contribution is 2.27. The summed E-state index contributed by atoms with van der Waals surface area (Å²) >= 11 is 0. The fraction of sp³-hybridized carbons (Fsp3) is 0.273. The molecule has 140 valence electrons. The van der Waals surface area contributed by atoms with Crippen molar-refractivity contribution in [3.8, 4) is 11.3 Å². The zero-order valence-electron chi connectivity index (χ0n) is 16.2. The van der Waals surface area contributed by atoms with Crippen LogP contribution in [0.3, 0.4) is 0 Å². The average Bonchev–Trinajstić information content (AvgIpc) is 3.06. The maximum atomic E-state index is 12.9. The lowest BCUT2D eigenvalue weighted by molar-refractivity contribution is 0.102. The van der Waals surface area contributed by atoms with E-state index in [1.54, 1.807) is 6.92 Å². The zero-order chi connectivity index (χ0) is 19.4. The normalized spacial score (nSPS) is 10.9. The number of hydrogen-bond acceptors (Lipinski definition) is 4. The van der Waals surface area contributed by atoms with Gasteiger partial charge in [0.1, 0.15) is 5.56 Å². The molecule has 5 heteroatoms. The molecule has 5 nitrogen and oxygen atoms in total. The number of carbonyl (C=O) groups is 1. The van der Waals surface area contributed by atoms with Gasteiger partial charge in [-0.3, -0.25) is 4.79 Å². The van der Waals surface area contributed by atoms with Crippen molar-refractivity contribution >= 4 is 17.3 Å². The summed E-state index contributed by atoms with van der Waals surface area (Å²) in [7, 11) is 0. The van der Waals surface area contributed by atoms with Crippen molar-refractivity contribution in [1.29, 1.82) is 0 Å². The molecule has 1 N–H and O–H groups in total. The van der Waals surface area contributed by atoms with Crippen molar-refractivity contribution < 1.29 is 9.32 Å². The first-order valence-corrected chi connectivity index (χ1v) is 9.21. The molecular formula is C22H25N3O2. The first kappa shape index (κ1) is 18.7. The monoisotopic (exact) mass is 363 g/mol. The number of hydrogen-bond donors (Lipinski definition) is 1. The number of anilines is 2. The molecule has 0 saturated heterocycles. The van der Waals surface area contributed by atoms with Gasteiger partial charge >= 0.3 is 0 Å². The summed E-state index contributed by atoms with van der Waals surface area (Å²) in [4.78, 5) is 15.1. The Hall–Kier alpha value is -3.08. The molecule has 0 spiro atoms. The predicted molar refractivity (Wildman–Crippen MR) is 109 cm³/mol. The van der Waals surface area contributed by atoms with E-state index in [1.165, 1.54) is 0 Å². The van der Waals surface area contributed by atoms with Crippen LogP contribution in [0.2, 0.25) is 0 Å². The van der Waals surface area contributed by atoms with Crippen molar-refractivity contribution in [3.05, 3.63) is 65.9 Å². The van der Waals surface area contributed by atoms with Gasteiger partial charge in [0.15, 0.2) is 5.76 Å². The molecule has 3 aromatic rings. The SMILES string of the molecule is CCN(c1ccc(NC(=O)c2c(C)noc2-c2ccccc2)cc1)C(C)C. The van der Waals surface area contributed by atoms with Crippen LogP contribution in [0.15, 0.2) is 59.1 Å². The molecule has 0 bridgehead atoms. The fourth-order valence-corrected chi connectivity index (χ4v) is 3.20. The van der Waals surface area contributed by atoms with Crippen LogP contribution in [0.1, 0.15) is 36.8 Å². The molecule has 1 heterocycles. The minimum atomic E-state index is -0.225. The van der Waals surface area contributed by atoms with Gasteiger partial charge in [-0.15, -0.1) is 0 Å². The molecule has 0 fully saturated rings. The second-order valence-electron chi connectivity index (χ2n) is 6.72. The van der Waals surface area contributed by atoms with Crippen molar-refractivity contribution in [3.63, 3.8) is 0 Å². The average molecular weight is 363 g/mol. The Balaban J connectivity index is 1.82. The molecule has 0 aliphatic heterocycles. The van der Waals surface area contributed by atoms with Crippen LogP contribution >= 0.6 is 0 Å². The minimum absolute atomic E-state index is 0.225. The van der Waals surface area contributed by atoms with Gasteiger partial charge in [0.2, 0.25) is 0 Å². The maximum absolute atomic E-state index is 12.9. The quantitative estimate of drug-likeness (QED) is 0.659. The van der Waals surface area contributed by atoms with Crippen LogP contribution in [0.25, 0.3) is 11.3 Å². The van der Waals surface area contributed by atoms with Crippen molar-refractivity contribution in [2.75, 3.05) is 16.8 Å². The number of rotatable bonds is 6. The van der Waals surface area contributed by atoms with E-state index in [-0.39, 0.29) is 5.91 Å². The summed E-state index contributed by atoms with van der Waals surface area (Å²) in [6, 6.07) is 17.8. The zero-order valence-corrected chi connectivity index (χ0v) is 16.2. The smallest absolute Gasteiger partial charge is 0.261 e. The molecule has 2 aromatic carbocycles. The summed E-state index contributed by atoms with van der Waals surface area (Å²) in [6.45, 7) is 9.17. The number of aryl methyl sites for hydroxylation is 1. The maximum Gasteiger partial charge on any atom is 0.261 e. The second-order valence-corrected chi connectivity index (χ2v) is 6.72. The number of carbonyl (C=O) groups excluding carboxylic acids is 1. The Bertz CT molecular complexity index is 899. The summed E-state index contributed by atoms with van der Waals surface area (Å²) < 4.78 is 5.41. The van der Waals surface area contributed by atoms with E-state index >= 15 is 0 Å². The third-order valence-electron chi connectivity index (χ3n) is 4.55. The van der Waals surface area contributed by atoms with Crippen LogP contribution in [-0.2, 0) is 0 Å². The third kappa shape index (κ3) is 4.03. The predicted octanol–water partition coefficient (Wildman–Crippen LogP) is 5.14. The summed E-state index contributed by atoms with van der Waals surface area (Å²) in [5.41, 5.74) is 3.73. The lowest BCUT2D eigenvalue weighted by atomic mass is 10.1. The largest absolute Gasteiger partial charge is 0.369 e. The Morgan fingerprint density at radius 1 is 1.11 bits per heavy atom. The Labute approximate surface area is 160 Å². The van der Waals surface area contributed by atoms with E-state index in [0.717, 1.165) is 23.5 Å². The van der Waals surface area contributed by atoms with Gasteiger partial charge in [0.05, 0.1) is 5.69 Å².